The minimum atomic E-state index is -0.335. The second-order valence-corrected chi connectivity index (χ2v) is 5.73. The largest absolute Gasteiger partial charge is 0.493 e. The number of H-pyrrole nitrogens is 1. The fraction of sp³-hybridized carbons (Fsp3) is 0.167. The number of benzene rings is 2. The maximum atomic E-state index is 13.2. The van der Waals surface area contributed by atoms with Crippen molar-refractivity contribution < 1.29 is 18.6 Å². The first-order valence-electron chi connectivity index (χ1n) is 7.85. The molecule has 3 aromatic rings. The first kappa shape index (κ1) is 18.6. The van der Waals surface area contributed by atoms with Crippen LogP contribution in [0.1, 0.15) is 5.56 Å². The molecular formula is C18H17FN4O3S. The molecule has 1 N–H and O–H groups in total. The second kappa shape index (κ2) is 8.00. The lowest BCUT2D eigenvalue weighted by molar-refractivity contribution is 0.324. The van der Waals surface area contributed by atoms with Gasteiger partial charge in [0.2, 0.25) is 10.5 Å². The summed E-state index contributed by atoms with van der Waals surface area (Å²) in [6.07, 6.45) is 1.57. The molecule has 0 bridgehead atoms. The van der Waals surface area contributed by atoms with E-state index < -0.39 is 0 Å². The highest BCUT2D eigenvalue weighted by molar-refractivity contribution is 7.71. The topological polar surface area (TPSA) is 73.7 Å². The number of nitrogens with one attached hydrogen (secondary N) is 1. The molecule has 140 valence electrons. The van der Waals surface area contributed by atoms with E-state index in [0.717, 1.165) is 0 Å². The van der Waals surface area contributed by atoms with Crippen LogP contribution in [0.2, 0.25) is 0 Å². The van der Waals surface area contributed by atoms with E-state index in [0.29, 0.717) is 39.0 Å². The van der Waals surface area contributed by atoms with Gasteiger partial charge >= 0.3 is 0 Å². The molecule has 0 aliphatic heterocycles. The van der Waals surface area contributed by atoms with Crippen molar-refractivity contribution in [2.75, 3.05) is 21.3 Å². The van der Waals surface area contributed by atoms with E-state index in [2.05, 4.69) is 15.3 Å². The van der Waals surface area contributed by atoms with Gasteiger partial charge in [-0.2, -0.15) is 14.9 Å². The Kier molecular flexibility index (Phi) is 5.51. The van der Waals surface area contributed by atoms with E-state index >= 15 is 0 Å². The van der Waals surface area contributed by atoms with Crippen molar-refractivity contribution in [2.45, 2.75) is 0 Å². The van der Waals surface area contributed by atoms with Gasteiger partial charge in [0.15, 0.2) is 17.3 Å². The van der Waals surface area contributed by atoms with Gasteiger partial charge in [-0.15, -0.1) is 0 Å². The molecule has 0 fully saturated rings. The number of ether oxygens (including phenoxy) is 3. The van der Waals surface area contributed by atoms with Gasteiger partial charge in [0.1, 0.15) is 5.82 Å². The molecule has 0 spiro atoms. The summed E-state index contributed by atoms with van der Waals surface area (Å²) in [6, 6.07) is 9.42. The Morgan fingerprint density at radius 3 is 2.37 bits per heavy atom. The summed E-state index contributed by atoms with van der Waals surface area (Å²) in [5.74, 6) is 1.59. The minimum Gasteiger partial charge on any atom is -0.493 e. The summed E-state index contributed by atoms with van der Waals surface area (Å²) in [5.41, 5.74) is 1.32. The zero-order valence-electron chi connectivity index (χ0n) is 14.9. The van der Waals surface area contributed by atoms with Crippen molar-refractivity contribution in [1.82, 2.24) is 14.9 Å². The Hall–Kier alpha value is -3.20. The van der Waals surface area contributed by atoms with Crippen LogP contribution in [0.5, 0.6) is 17.2 Å². The highest BCUT2D eigenvalue weighted by Crippen LogP contribution is 2.39. The van der Waals surface area contributed by atoms with E-state index in [-0.39, 0.29) is 5.82 Å². The maximum absolute atomic E-state index is 13.2. The van der Waals surface area contributed by atoms with Crippen LogP contribution in [-0.4, -0.2) is 42.4 Å². The average Bonchev–Trinajstić information content (AvgIpc) is 3.06. The first-order valence-corrected chi connectivity index (χ1v) is 8.26. The first-order chi connectivity index (χ1) is 13.1. The zero-order valence-corrected chi connectivity index (χ0v) is 15.7. The second-order valence-electron chi connectivity index (χ2n) is 5.34. The Morgan fingerprint density at radius 1 is 1.04 bits per heavy atom. The predicted molar refractivity (Wildman–Crippen MR) is 102 cm³/mol. The molecule has 0 radical (unpaired) electrons. The zero-order chi connectivity index (χ0) is 19.4. The summed E-state index contributed by atoms with van der Waals surface area (Å²) in [6.45, 7) is 0. The van der Waals surface area contributed by atoms with Gasteiger partial charge in [-0.1, -0.05) is 0 Å². The lowest BCUT2D eigenvalue weighted by Gasteiger charge is -2.13. The number of methoxy groups -OCH3 is 3. The molecule has 0 unspecified atom stereocenters. The molecule has 1 aromatic heterocycles. The van der Waals surface area contributed by atoms with Crippen molar-refractivity contribution in [3.63, 3.8) is 0 Å². The Morgan fingerprint density at radius 2 is 1.74 bits per heavy atom. The van der Waals surface area contributed by atoms with Gasteiger partial charge in [0.25, 0.3) is 0 Å². The third-order valence-electron chi connectivity index (χ3n) is 3.80. The van der Waals surface area contributed by atoms with Crippen LogP contribution in [0.25, 0.3) is 11.4 Å². The van der Waals surface area contributed by atoms with E-state index in [4.69, 9.17) is 26.4 Å². The molecule has 1 heterocycles. The number of aromatic nitrogens is 3. The van der Waals surface area contributed by atoms with Crippen LogP contribution in [0, 0.1) is 10.6 Å². The predicted octanol–water partition coefficient (Wildman–Crippen LogP) is 3.65. The minimum absolute atomic E-state index is 0.296. The summed E-state index contributed by atoms with van der Waals surface area (Å²) in [7, 11) is 4.60. The average molecular weight is 388 g/mol. The standard InChI is InChI=1S/C18H17FN4O3S/c1-24-14-9-6-12(15(25-2)16(14)26-3)10-20-23-17(21-22-18(23)27)11-4-7-13(19)8-5-11/h4-10H,1-3H3,(H,22,27). The fourth-order valence-electron chi connectivity index (χ4n) is 2.53. The van der Waals surface area contributed by atoms with Crippen LogP contribution in [0.4, 0.5) is 4.39 Å². The highest BCUT2D eigenvalue weighted by atomic mass is 32.1. The van der Waals surface area contributed by atoms with Crippen LogP contribution < -0.4 is 14.2 Å². The fourth-order valence-corrected chi connectivity index (χ4v) is 2.71. The Balaban J connectivity index is 2.04. The molecule has 7 nitrogen and oxygen atoms in total. The van der Waals surface area contributed by atoms with Gasteiger partial charge in [0, 0.05) is 11.1 Å². The van der Waals surface area contributed by atoms with Gasteiger partial charge in [0.05, 0.1) is 27.5 Å². The summed E-state index contributed by atoms with van der Waals surface area (Å²) < 4.78 is 31.0. The molecule has 3 rings (SSSR count). The molecule has 0 amide bonds. The van der Waals surface area contributed by atoms with Crippen LogP contribution >= 0.6 is 12.2 Å². The van der Waals surface area contributed by atoms with Gasteiger partial charge < -0.3 is 14.2 Å². The molecule has 0 atom stereocenters. The highest BCUT2D eigenvalue weighted by Gasteiger charge is 2.15. The van der Waals surface area contributed by atoms with Crippen LogP contribution in [0.3, 0.4) is 0 Å². The smallest absolute Gasteiger partial charge is 0.216 e. The van der Waals surface area contributed by atoms with E-state index in [1.54, 1.807) is 37.6 Å². The Bertz CT molecular complexity index is 1030. The number of hydrogen-bond donors (Lipinski definition) is 1. The van der Waals surface area contributed by atoms with Crippen molar-refractivity contribution in [3.8, 4) is 28.6 Å². The van der Waals surface area contributed by atoms with Gasteiger partial charge in [-0.05, 0) is 48.6 Å². The number of rotatable bonds is 6. The van der Waals surface area contributed by atoms with Crippen molar-refractivity contribution in [3.05, 3.63) is 52.5 Å². The van der Waals surface area contributed by atoms with Gasteiger partial charge in [-0.25, -0.2) is 9.49 Å². The van der Waals surface area contributed by atoms with E-state index in [1.807, 2.05) is 0 Å². The molecule has 0 aliphatic carbocycles. The third-order valence-corrected chi connectivity index (χ3v) is 4.06. The van der Waals surface area contributed by atoms with Crippen molar-refractivity contribution >= 4 is 18.4 Å². The van der Waals surface area contributed by atoms with E-state index in [1.165, 1.54) is 31.0 Å². The summed E-state index contributed by atoms with van der Waals surface area (Å²) >= 11 is 5.24. The van der Waals surface area contributed by atoms with Gasteiger partial charge in [-0.3, -0.25) is 0 Å². The van der Waals surface area contributed by atoms with E-state index in [9.17, 15) is 4.39 Å². The maximum Gasteiger partial charge on any atom is 0.216 e. The van der Waals surface area contributed by atoms with Crippen molar-refractivity contribution in [1.29, 1.82) is 0 Å². The molecular weight excluding hydrogens is 371 g/mol. The number of nitrogens with zero attached hydrogens (tertiary/aromatic N) is 3. The quantitative estimate of drug-likeness (QED) is 0.515. The SMILES string of the molecule is COc1ccc(C=Nn2c(-c3ccc(F)cc3)n[nH]c2=S)c(OC)c1OC. The lowest BCUT2D eigenvalue weighted by Crippen LogP contribution is -2.00. The number of aromatic amines is 1. The summed E-state index contributed by atoms with van der Waals surface area (Å²) in [4.78, 5) is 0. The number of halogens is 1. The molecule has 0 aliphatic rings. The lowest BCUT2D eigenvalue weighted by atomic mass is 10.2. The Labute approximate surface area is 160 Å². The molecule has 0 saturated heterocycles. The van der Waals surface area contributed by atoms with Crippen LogP contribution in [0.15, 0.2) is 41.5 Å². The monoisotopic (exact) mass is 388 g/mol. The number of hydrogen-bond acceptors (Lipinski definition) is 6. The molecule has 9 heteroatoms. The molecule has 27 heavy (non-hydrogen) atoms. The summed E-state index contributed by atoms with van der Waals surface area (Å²) in [5, 5.41) is 11.3. The molecule has 2 aromatic carbocycles. The van der Waals surface area contributed by atoms with Crippen molar-refractivity contribution in [2.24, 2.45) is 5.10 Å². The normalized spacial score (nSPS) is 11.0. The molecule has 0 saturated carbocycles. The third kappa shape index (κ3) is 3.68. The van der Waals surface area contributed by atoms with Crippen LogP contribution in [-0.2, 0) is 0 Å².